The molecule has 4 rings (SSSR count). The molecule has 2 aromatic heterocycles. The number of carbonyl (C=O) groups is 2. The van der Waals surface area contributed by atoms with Crippen LogP contribution in [0.15, 0.2) is 72.9 Å². The fourth-order valence-electron chi connectivity index (χ4n) is 3.40. The van der Waals surface area contributed by atoms with Gasteiger partial charge in [-0.1, -0.05) is 41.9 Å². The summed E-state index contributed by atoms with van der Waals surface area (Å²) < 4.78 is 1.84. The van der Waals surface area contributed by atoms with Gasteiger partial charge >= 0.3 is 5.97 Å². The second-order valence-electron chi connectivity index (χ2n) is 6.54. The molecule has 0 fully saturated rings. The molecular weight excluding hydrogens is 374 g/mol. The largest absolute Gasteiger partial charge is 0.478 e. The standard InChI is InChI=1S/C23H16ClNO3/c1-14-5-4-6-18(24)21(14)22(26)20-13-17(19-7-2-3-12-25(19)20)15-8-10-16(11-9-15)23(27)28/h2-13H,1H3,(H,27,28). The number of halogens is 1. The molecular formula is C23H16ClNO3. The monoisotopic (exact) mass is 389 g/mol. The van der Waals surface area contributed by atoms with Gasteiger partial charge in [-0.25, -0.2) is 4.79 Å². The summed E-state index contributed by atoms with van der Waals surface area (Å²) in [6.45, 7) is 1.86. The maximum Gasteiger partial charge on any atom is 0.335 e. The molecule has 0 aliphatic carbocycles. The van der Waals surface area contributed by atoms with Crippen molar-refractivity contribution in [2.45, 2.75) is 6.92 Å². The number of fused-ring (bicyclic) bond motifs is 1. The van der Waals surface area contributed by atoms with Crippen LogP contribution in [-0.2, 0) is 0 Å². The quantitative estimate of drug-likeness (QED) is 0.469. The van der Waals surface area contributed by atoms with Crippen molar-refractivity contribution < 1.29 is 14.7 Å². The number of aromatic nitrogens is 1. The Balaban J connectivity index is 1.90. The van der Waals surface area contributed by atoms with Gasteiger partial charge in [0.1, 0.15) is 0 Å². The molecule has 28 heavy (non-hydrogen) atoms. The van der Waals surface area contributed by atoms with E-state index in [1.54, 1.807) is 30.3 Å². The summed E-state index contributed by atoms with van der Waals surface area (Å²) in [5, 5.41) is 9.53. The first kappa shape index (κ1) is 18.0. The molecule has 0 saturated heterocycles. The molecule has 0 spiro atoms. The molecule has 0 atom stereocenters. The first-order valence-electron chi connectivity index (χ1n) is 8.71. The molecule has 4 aromatic rings. The summed E-state index contributed by atoms with van der Waals surface area (Å²) in [4.78, 5) is 24.4. The highest BCUT2D eigenvalue weighted by atomic mass is 35.5. The molecule has 0 unspecified atom stereocenters. The summed E-state index contributed by atoms with van der Waals surface area (Å²) in [6, 6.07) is 19.5. The molecule has 0 aliphatic heterocycles. The molecule has 0 bridgehead atoms. The van der Waals surface area contributed by atoms with Crippen molar-refractivity contribution in [2.24, 2.45) is 0 Å². The molecule has 4 nitrogen and oxygen atoms in total. The fourth-order valence-corrected chi connectivity index (χ4v) is 3.71. The van der Waals surface area contributed by atoms with Crippen molar-refractivity contribution in [1.82, 2.24) is 4.40 Å². The van der Waals surface area contributed by atoms with Gasteiger partial charge in [-0.3, -0.25) is 4.79 Å². The third kappa shape index (κ3) is 2.98. The van der Waals surface area contributed by atoms with Crippen molar-refractivity contribution >= 4 is 28.9 Å². The van der Waals surface area contributed by atoms with Gasteiger partial charge in [0.05, 0.1) is 21.8 Å². The number of nitrogens with zero attached hydrogens (tertiary/aromatic N) is 1. The average Bonchev–Trinajstić information content (AvgIpc) is 3.07. The van der Waals surface area contributed by atoms with E-state index in [2.05, 4.69) is 0 Å². The van der Waals surface area contributed by atoms with Crippen molar-refractivity contribution in [3.05, 3.63) is 100 Å². The summed E-state index contributed by atoms with van der Waals surface area (Å²) >= 11 is 6.31. The summed E-state index contributed by atoms with van der Waals surface area (Å²) in [5.74, 6) is -1.13. The molecule has 0 saturated carbocycles. The third-order valence-electron chi connectivity index (χ3n) is 4.80. The lowest BCUT2D eigenvalue weighted by Gasteiger charge is -2.07. The SMILES string of the molecule is Cc1cccc(Cl)c1C(=O)c1cc(-c2ccc(C(=O)O)cc2)c2ccccn12. The number of rotatable bonds is 4. The number of benzene rings is 2. The highest BCUT2D eigenvalue weighted by molar-refractivity contribution is 6.35. The Morgan fingerprint density at radius 2 is 1.71 bits per heavy atom. The minimum Gasteiger partial charge on any atom is -0.478 e. The van der Waals surface area contributed by atoms with Gasteiger partial charge in [-0.2, -0.15) is 0 Å². The molecule has 138 valence electrons. The van der Waals surface area contributed by atoms with E-state index in [0.717, 1.165) is 22.2 Å². The number of carboxylic acid groups (broad SMARTS) is 1. The topological polar surface area (TPSA) is 58.8 Å². The Morgan fingerprint density at radius 1 is 0.964 bits per heavy atom. The van der Waals surface area contributed by atoms with Crippen LogP contribution in [-0.4, -0.2) is 21.3 Å². The van der Waals surface area contributed by atoms with Crippen LogP contribution in [0.4, 0.5) is 0 Å². The van der Waals surface area contributed by atoms with E-state index in [0.29, 0.717) is 16.3 Å². The Bertz CT molecular complexity index is 1200. The van der Waals surface area contributed by atoms with Crippen LogP contribution in [0.25, 0.3) is 16.6 Å². The zero-order chi connectivity index (χ0) is 19.8. The highest BCUT2D eigenvalue weighted by Gasteiger charge is 2.21. The van der Waals surface area contributed by atoms with Crippen LogP contribution in [0.5, 0.6) is 0 Å². The lowest BCUT2D eigenvalue weighted by molar-refractivity contribution is 0.0696. The molecule has 5 heteroatoms. The average molecular weight is 390 g/mol. The minimum atomic E-state index is -0.974. The number of pyridine rings is 1. The maximum absolute atomic E-state index is 13.3. The van der Waals surface area contributed by atoms with Crippen LogP contribution in [0, 0.1) is 6.92 Å². The van der Waals surface area contributed by atoms with Crippen LogP contribution in [0.1, 0.15) is 32.0 Å². The van der Waals surface area contributed by atoms with E-state index in [1.165, 1.54) is 0 Å². The van der Waals surface area contributed by atoms with Crippen LogP contribution < -0.4 is 0 Å². The molecule has 0 aliphatic rings. The fraction of sp³-hybridized carbons (Fsp3) is 0.0435. The lowest BCUT2D eigenvalue weighted by Crippen LogP contribution is -2.07. The molecule has 0 amide bonds. The number of hydrogen-bond donors (Lipinski definition) is 1. The van der Waals surface area contributed by atoms with E-state index >= 15 is 0 Å². The third-order valence-corrected chi connectivity index (χ3v) is 5.12. The second-order valence-corrected chi connectivity index (χ2v) is 6.95. The first-order chi connectivity index (χ1) is 13.5. The van der Waals surface area contributed by atoms with Gasteiger partial charge in [0.25, 0.3) is 0 Å². The van der Waals surface area contributed by atoms with E-state index in [1.807, 2.05) is 53.9 Å². The van der Waals surface area contributed by atoms with Crippen molar-refractivity contribution in [2.75, 3.05) is 0 Å². The van der Waals surface area contributed by atoms with Crippen molar-refractivity contribution in [1.29, 1.82) is 0 Å². The summed E-state index contributed by atoms with van der Waals surface area (Å²) in [6.07, 6.45) is 1.84. The number of aryl methyl sites for hydroxylation is 1. The Kier molecular flexibility index (Phi) is 4.49. The van der Waals surface area contributed by atoms with Gasteiger partial charge in [0.15, 0.2) is 0 Å². The zero-order valence-electron chi connectivity index (χ0n) is 15.0. The van der Waals surface area contributed by atoms with Gasteiger partial charge in [-0.15, -0.1) is 0 Å². The Labute approximate surface area is 166 Å². The smallest absolute Gasteiger partial charge is 0.335 e. The lowest BCUT2D eigenvalue weighted by atomic mass is 10.0. The van der Waals surface area contributed by atoms with Gasteiger partial charge < -0.3 is 9.51 Å². The molecule has 2 aromatic carbocycles. The number of aromatic carboxylic acids is 1. The van der Waals surface area contributed by atoms with Crippen LogP contribution in [0.2, 0.25) is 5.02 Å². The van der Waals surface area contributed by atoms with Gasteiger partial charge in [-0.05, 0) is 54.4 Å². The van der Waals surface area contributed by atoms with Crippen LogP contribution in [0.3, 0.4) is 0 Å². The second kappa shape index (κ2) is 6.98. The molecule has 1 N–H and O–H groups in total. The normalized spacial score (nSPS) is 10.9. The minimum absolute atomic E-state index is 0.155. The summed E-state index contributed by atoms with van der Waals surface area (Å²) in [5.41, 5.74) is 4.57. The number of hydrogen-bond acceptors (Lipinski definition) is 2. The predicted molar refractivity (Wildman–Crippen MR) is 109 cm³/mol. The maximum atomic E-state index is 13.3. The van der Waals surface area contributed by atoms with Gasteiger partial charge in [0.2, 0.25) is 5.78 Å². The van der Waals surface area contributed by atoms with Gasteiger partial charge in [0, 0.05) is 17.3 Å². The number of carbonyl (C=O) groups excluding carboxylic acids is 1. The molecule has 0 radical (unpaired) electrons. The van der Waals surface area contributed by atoms with Crippen LogP contribution >= 0.6 is 11.6 Å². The Hall–Kier alpha value is -3.37. The van der Waals surface area contributed by atoms with Crippen molar-refractivity contribution in [3.8, 4) is 11.1 Å². The Morgan fingerprint density at radius 3 is 2.39 bits per heavy atom. The van der Waals surface area contributed by atoms with E-state index in [4.69, 9.17) is 16.7 Å². The zero-order valence-corrected chi connectivity index (χ0v) is 15.8. The number of carboxylic acids is 1. The number of ketones is 1. The van der Waals surface area contributed by atoms with E-state index in [9.17, 15) is 9.59 Å². The van der Waals surface area contributed by atoms with E-state index in [-0.39, 0.29) is 11.3 Å². The predicted octanol–water partition coefficient (Wildman–Crippen LogP) is 5.50. The summed E-state index contributed by atoms with van der Waals surface area (Å²) in [7, 11) is 0. The first-order valence-corrected chi connectivity index (χ1v) is 9.09. The highest BCUT2D eigenvalue weighted by Crippen LogP contribution is 2.31. The molecule has 2 heterocycles. The van der Waals surface area contributed by atoms with E-state index < -0.39 is 5.97 Å². The van der Waals surface area contributed by atoms with Crippen molar-refractivity contribution in [3.63, 3.8) is 0 Å².